The molecule has 0 radical (unpaired) electrons. The third-order valence-electron chi connectivity index (χ3n) is 12.6. The van der Waals surface area contributed by atoms with E-state index in [4.69, 9.17) is 13.8 Å². The number of hydrogen-bond acceptors (Lipinski definition) is 6. The first-order valence-corrected chi connectivity index (χ1v) is 30.9. The van der Waals surface area contributed by atoms with Crippen LogP contribution in [0.25, 0.3) is 0 Å². The lowest BCUT2D eigenvalue weighted by Gasteiger charge is -2.27. The number of amides is 1. The van der Waals surface area contributed by atoms with Crippen LogP contribution in [0.2, 0.25) is 0 Å². The van der Waals surface area contributed by atoms with Gasteiger partial charge in [0.25, 0.3) is 0 Å². The lowest BCUT2D eigenvalue weighted by molar-refractivity contribution is -0.870. The molecule has 1 amide bonds. The van der Waals surface area contributed by atoms with E-state index in [9.17, 15) is 19.0 Å². The van der Waals surface area contributed by atoms with Crippen LogP contribution < -0.4 is 5.32 Å². The predicted octanol–water partition coefficient (Wildman–Crippen LogP) is 17.8. The second-order valence-corrected chi connectivity index (χ2v) is 22.2. The SMILES string of the molecule is CC/C=C/C/C=C/C/C=C/CCCCCCCCC(=O)NC(COP(=O)(O)OCC[N+](C)(C)C)C(/C=C/CCCCCCCCCCCCC)OC(=O)CCCCCC/C=C\C/C=C\C/C=C\CCCCC. The van der Waals surface area contributed by atoms with E-state index in [1.54, 1.807) is 0 Å². The van der Waals surface area contributed by atoms with Crippen LogP contribution in [0.4, 0.5) is 0 Å². The van der Waals surface area contributed by atoms with Crippen molar-refractivity contribution in [2.45, 2.75) is 258 Å². The molecule has 416 valence electrons. The number of allylic oxidation sites excluding steroid dienone is 13. The summed E-state index contributed by atoms with van der Waals surface area (Å²) in [4.78, 5) is 37.6. The summed E-state index contributed by atoms with van der Waals surface area (Å²) in [6.07, 6.45) is 67.1. The molecule has 0 bridgehead atoms. The number of hydrogen-bond donors (Lipinski definition) is 2. The second kappa shape index (κ2) is 51.7. The summed E-state index contributed by atoms with van der Waals surface area (Å²) in [6.45, 7) is 6.84. The first-order valence-electron chi connectivity index (χ1n) is 29.4. The molecule has 0 aromatic rings. The summed E-state index contributed by atoms with van der Waals surface area (Å²) in [5.74, 6) is -0.548. The van der Waals surface area contributed by atoms with E-state index in [2.05, 4.69) is 99.0 Å². The van der Waals surface area contributed by atoms with Gasteiger partial charge in [-0.25, -0.2) is 4.57 Å². The molecule has 9 nitrogen and oxygen atoms in total. The molecule has 10 heteroatoms. The predicted molar refractivity (Wildman–Crippen MR) is 309 cm³/mol. The summed E-state index contributed by atoms with van der Waals surface area (Å²) < 4.78 is 30.6. The van der Waals surface area contributed by atoms with Crippen molar-refractivity contribution in [1.29, 1.82) is 0 Å². The molecule has 0 aliphatic carbocycles. The molecule has 3 atom stereocenters. The Morgan fingerprint density at radius 1 is 0.500 bits per heavy atom. The zero-order chi connectivity index (χ0) is 52.9. The fourth-order valence-corrected chi connectivity index (χ4v) is 8.75. The van der Waals surface area contributed by atoms with Crippen LogP contribution in [-0.4, -0.2) is 74.3 Å². The number of ether oxygens (including phenoxy) is 1. The molecule has 0 saturated heterocycles. The molecule has 0 spiro atoms. The van der Waals surface area contributed by atoms with Gasteiger partial charge in [0.05, 0.1) is 33.8 Å². The number of rotatable bonds is 52. The number of quaternary nitrogens is 1. The monoisotopic (exact) mass is 1030 g/mol. The zero-order valence-electron chi connectivity index (χ0n) is 47.4. The Morgan fingerprint density at radius 3 is 1.36 bits per heavy atom. The van der Waals surface area contributed by atoms with Crippen molar-refractivity contribution in [2.75, 3.05) is 40.9 Å². The van der Waals surface area contributed by atoms with Gasteiger partial charge in [0.1, 0.15) is 19.3 Å². The number of nitrogens with one attached hydrogen (secondary N) is 1. The summed E-state index contributed by atoms with van der Waals surface area (Å²) in [5, 5.41) is 3.04. The standard InChI is InChI=1S/C62H111N2O7P/c1-7-10-13-16-19-22-25-28-30-32-34-37-40-43-46-49-52-55-62(66)71-60(53-50-47-44-41-38-35-27-24-21-18-15-12-9-3)59(58-70-72(67,68)69-57-56-64(4,5)6)63-61(65)54-51-48-45-42-39-36-33-31-29-26-23-20-17-14-11-8-2/h11,14,19-20,22-23,28-31,34,37,50,53,59-60H,7-10,12-13,15-18,21,24-27,32-33,35-36,38-49,51-52,54-58H2,1-6H3,(H-,63,65,67,68)/p+1/b14-11+,22-19-,23-20+,30-28-,31-29+,37-34-,53-50+. The van der Waals surface area contributed by atoms with E-state index in [-0.39, 0.29) is 31.5 Å². The molecule has 0 rings (SSSR count). The number of esters is 1. The van der Waals surface area contributed by atoms with Gasteiger partial charge < -0.3 is 19.4 Å². The minimum Gasteiger partial charge on any atom is -0.456 e. The first kappa shape index (κ1) is 69.2. The average Bonchev–Trinajstić information content (AvgIpc) is 3.34. The molecule has 2 N–H and O–H groups in total. The molecular weight excluding hydrogens is 916 g/mol. The van der Waals surface area contributed by atoms with Gasteiger partial charge in [-0.3, -0.25) is 18.6 Å². The summed E-state index contributed by atoms with van der Waals surface area (Å²) in [7, 11) is 1.46. The molecule has 0 aromatic carbocycles. The number of phosphoric ester groups is 1. The van der Waals surface area contributed by atoms with Gasteiger partial charge in [0.15, 0.2) is 0 Å². The van der Waals surface area contributed by atoms with Crippen LogP contribution in [0.1, 0.15) is 245 Å². The maximum absolute atomic E-state index is 13.5. The van der Waals surface area contributed by atoms with Gasteiger partial charge in [0.2, 0.25) is 5.91 Å². The molecule has 0 saturated carbocycles. The third kappa shape index (κ3) is 52.1. The minimum absolute atomic E-state index is 0.0301. The summed E-state index contributed by atoms with van der Waals surface area (Å²) in [5.41, 5.74) is 0. The van der Waals surface area contributed by atoms with Gasteiger partial charge in [-0.05, 0) is 102 Å². The number of carbonyl (C=O) groups excluding carboxylic acids is 2. The lowest BCUT2D eigenvalue weighted by Crippen LogP contribution is -2.47. The van der Waals surface area contributed by atoms with Crippen LogP contribution in [0, 0.1) is 0 Å². The van der Waals surface area contributed by atoms with Crippen molar-refractivity contribution in [2.24, 2.45) is 0 Å². The third-order valence-corrected chi connectivity index (χ3v) is 13.6. The Labute approximate surface area is 444 Å². The van der Waals surface area contributed by atoms with Crippen molar-refractivity contribution >= 4 is 19.7 Å². The van der Waals surface area contributed by atoms with E-state index in [0.717, 1.165) is 122 Å². The van der Waals surface area contributed by atoms with Crippen LogP contribution in [0.3, 0.4) is 0 Å². The number of unbranched alkanes of at least 4 members (excludes halogenated alkanes) is 24. The molecule has 0 heterocycles. The van der Waals surface area contributed by atoms with E-state index in [1.807, 2.05) is 33.3 Å². The van der Waals surface area contributed by atoms with Gasteiger partial charge in [0, 0.05) is 12.8 Å². The van der Waals surface area contributed by atoms with Gasteiger partial charge in [-0.1, -0.05) is 215 Å². The van der Waals surface area contributed by atoms with Crippen LogP contribution >= 0.6 is 7.82 Å². The maximum Gasteiger partial charge on any atom is 0.472 e. The Morgan fingerprint density at radius 2 is 0.889 bits per heavy atom. The molecule has 0 aromatic heterocycles. The Balaban J connectivity index is 5.42. The Kier molecular flexibility index (Phi) is 49.6. The quantitative estimate of drug-likeness (QED) is 0.0205. The van der Waals surface area contributed by atoms with E-state index < -0.39 is 20.0 Å². The van der Waals surface area contributed by atoms with Crippen molar-refractivity contribution in [3.63, 3.8) is 0 Å². The van der Waals surface area contributed by atoms with Crippen molar-refractivity contribution in [1.82, 2.24) is 5.32 Å². The molecule has 0 aliphatic heterocycles. The minimum atomic E-state index is -4.46. The Bertz CT molecular complexity index is 1510. The number of nitrogens with zero attached hydrogens (tertiary/aromatic N) is 1. The highest BCUT2D eigenvalue weighted by Crippen LogP contribution is 2.43. The van der Waals surface area contributed by atoms with E-state index in [1.165, 1.54) is 83.5 Å². The summed E-state index contributed by atoms with van der Waals surface area (Å²) >= 11 is 0. The number of carbonyl (C=O) groups is 2. The first-order chi connectivity index (χ1) is 34.9. The highest BCUT2D eigenvalue weighted by atomic mass is 31.2. The van der Waals surface area contributed by atoms with Crippen molar-refractivity contribution in [3.8, 4) is 0 Å². The maximum atomic E-state index is 13.5. The molecule has 3 unspecified atom stereocenters. The number of likely N-dealkylation sites (N-methyl/N-ethyl adjacent to an activating group) is 1. The molecular formula is C62H112N2O7P+. The molecule has 72 heavy (non-hydrogen) atoms. The lowest BCUT2D eigenvalue weighted by atomic mass is 10.0. The smallest absolute Gasteiger partial charge is 0.456 e. The van der Waals surface area contributed by atoms with Gasteiger partial charge in [-0.2, -0.15) is 0 Å². The summed E-state index contributed by atoms with van der Waals surface area (Å²) in [6, 6.07) is -0.868. The Hall–Kier alpha value is -2.81. The van der Waals surface area contributed by atoms with Crippen LogP contribution in [0.5, 0.6) is 0 Å². The van der Waals surface area contributed by atoms with Crippen molar-refractivity contribution in [3.05, 3.63) is 85.1 Å². The second-order valence-electron chi connectivity index (χ2n) is 20.8. The topological polar surface area (TPSA) is 111 Å². The van der Waals surface area contributed by atoms with Crippen molar-refractivity contribution < 1.29 is 37.3 Å². The molecule has 0 fully saturated rings. The molecule has 0 aliphatic rings. The zero-order valence-corrected chi connectivity index (χ0v) is 48.3. The largest absolute Gasteiger partial charge is 0.472 e. The van der Waals surface area contributed by atoms with Gasteiger partial charge >= 0.3 is 13.8 Å². The van der Waals surface area contributed by atoms with E-state index >= 15 is 0 Å². The van der Waals surface area contributed by atoms with Crippen LogP contribution in [0.15, 0.2) is 85.1 Å². The van der Waals surface area contributed by atoms with E-state index in [0.29, 0.717) is 23.9 Å². The van der Waals surface area contributed by atoms with Crippen LogP contribution in [-0.2, 0) is 27.9 Å². The average molecular weight is 1030 g/mol. The highest BCUT2D eigenvalue weighted by molar-refractivity contribution is 7.47. The fraction of sp³-hybridized carbons (Fsp3) is 0.742. The normalized spacial score (nSPS) is 14.4. The number of phosphoric acid groups is 1. The van der Waals surface area contributed by atoms with Gasteiger partial charge in [-0.15, -0.1) is 0 Å². The fourth-order valence-electron chi connectivity index (χ4n) is 8.02. The highest BCUT2D eigenvalue weighted by Gasteiger charge is 2.30.